The van der Waals surface area contributed by atoms with E-state index in [2.05, 4.69) is 5.32 Å². The second-order valence-electron chi connectivity index (χ2n) is 5.90. The first-order chi connectivity index (χ1) is 14.1. The largest absolute Gasteiger partial charge is 0.480 e. The molecule has 0 bridgehead atoms. The highest BCUT2D eigenvalue weighted by atomic mass is 16.4. The molecule has 1 aromatic carbocycles. The predicted octanol–water partition coefficient (Wildman–Crippen LogP) is 3.26. The fraction of sp³-hybridized carbons (Fsp3) is 0.579. The fourth-order valence-electron chi connectivity index (χ4n) is 2.87. The zero-order valence-electron chi connectivity index (χ0n) is 20.8. The third-order valence-electron chi connectivity index (χ3n) is 4.26. The van der Waals surface area contributed by atoms with E-state index in [0.29, 0.717) is 5.56 Å². The number of amides is 1. The van der Waals surface area contributed by atoms with Gasteiger partial charge in [0, 0.05) is 21.9 Å². The Kier molecular flexibility index (Phi) is 3.34. The summed E-state index contributed by atoms with van der Waals surface area (Å²) in [4.78, 5) is 24.4. The second kappa shape index (κ2) is 8.14. The van der Waals surface area contributed by atoms with Crippen molar-refractivity contribution < 1.29 is 25.7 Å². The minimum absolute atomic E-state index is 0.0368. The van der Waals surface area contributed by atoms with E-state index in [1.165, 1.54) is 0 Å². The van der Waals surface area contributed by atoms with E-state index in [1.807, 2.05) is 0 Å². The van der Waals surface area contributed by atoms with Crippen molar-refractivity contribution in [2.24, 2.45) is 17.7 Å². The maximum atomic E-state index is 12.7. The molecule has 1 fully saturated rings. The van der Waals surface area contributed by atoms with Gasteiger partial charge in [0.15, 0.2) is 0 Å². The molecule has 1 aliphatic rings. The molecule has 1 aromatic rings. The Hall–Kier alpha value is -1.84. The molecule has 23 heavy (non-hydrogen) atoms. The Morgan fingerprint density at radius 1 is 1.26 bits per heavy atom. The van der Waals surface area contributed by atoms with Crippen LogP contribution in [0.2, 0.25) is 0 Å². The summed E-state index contributed by atoms with van der Waals surface area (Å²) in [5.41, 5.74) is 0.568. The van der Waals surface area contributed by atoms with Crippen LogP contribution in [0.3, 0.4) is 0 Å². The summed E-state index contributed by atoms with van der Waals surface area (Å²) < 4.78 is 62.1. The number of carboxylic acid groups (broad SMARTS) is 1. The third-order valence-corrected chi connectivity index (χ3v) is 4.26. The van der Waals surface area contributed by atoms with Gasteiger partial charge in [0.25, 0.3) is 0 Å². The minimum Gasteiger partial charge on any atom is -0.480 e. The molecule has 0 unspecified atom stereocenters. The van der Waals surface area contributed by atoms with Crippen molar-refractivity contribution in [1.29, 1.82) is 0 Å². The van der Waals surface area contributed by atoms with Gasteiger partial charge in [0.05, 0.1) is 1.37 Å². The predicted molar refractivity (Wildman–Crippen MR) is 90.0 cm³/mol. The first kappa shape index (κ1) is 9.45. The van der Waals surface area contributed by atoms with Gasteiger partial charge in [0.2, 0.25) is 5.91 Å². The fourth-order valence-corrected chi connectivity index (χ4v) is 2.87. The van der Waals surface area contributed by atoms with Gasteiger partial charge < -0.3 is 10.4 Å². The number of carbonyl (C=O) groups excluding carboxylic acids is 1. The Bertz CT molecular complexity index is 774. The molecule has 0 heterocycles. The summed E-state index contributed by atoms with van der Waals surface area (Å²) in [6, 6.07) is 6.18. The number of hydrogen-bond acceptors (Lipinski definition) is 2. The van der Waals surface area contributed by atoms with Crippen LogP contribution in [0.1, 0.15) is 55.9 Å². The van der Waals surface area contributed by atoms with E-state index >= 15 is 0 Å². The highest BCUT2D eigenvalue weighted by molar-refractivity contribution is 5.85. The Labute approximate surface area is 149 Å². The zero-order chi connectivity index (χ0) is 23.7. The second-order valence-corrected chi connectivity index (χ2v) is 5.90. The van der Waals surface area contributed by atoms with Crippen molar-refractivity contribution in [3.8, 4) is 0 Å². The van der Waals surface area contributed by atoms with Crippen molar-refractivity contribution >= 4 is 11.9 Å². The quantitative estimate of drug-likeness (QED) is 0.843. The highest BCUT2D eigenvalue weighted by Crippen LogP contribution is 2.33. The Morgan fingerprint density at radius 3 is 2.48 bits per heavy atom. The molecular formula is C19H27NO3. The van der Waals surface area contributed by atoms with Crippen LogP contribution in [0.15, 0.2) is 30.3 Å². The number of benzene rings is 1. The number of hydrogen-bond donors (Lipinski definition) is 2. The lowest BCUT2D eigenvalue weighted by Crippen LogP contribution is -2.45. The van der Waals surface area contributed by atoms with Gasteiger partial charge in [-0.05, 0) is 43.1 Å². The molecule has 1 atom stereocenters. The van der Waals surface area contributed by atoms with E-state index in [0.717, 1.165) is 0 Å². The minimum atomic E-state index is -3.02. The summed E-state index contributed by atoms with van der Waals surface area (Å²) in [5.74, 6) is -6.44. The van der Waals surface area contributed by atoms with Crippen molar-refractivity contribution in [3.05, 3.63) is 35.9 Å². The summed E-state index contributed by atoms with van der Waals surface area (Å²) in [6.45, 7) is -6.04. The first-order valence-corrected chi connectivity index (χ1v) is 7.71. The molecule has 1 aliphatic carbocycles. The molecule has 4 heteroatoms. The van der Waals surface area contributed by atoms with Crippen molar-refractivity contribution in [2.75, 3.05) is 0 Å². The van der Waals surface area contributed by atoms with Crippen LogP contribution >= 0.6 is 0 Å². The number of rotatable bonds is 6. The molecule has 2 N–H and O–H groups in total. The van der Waals surface area contributed by atoms with Crippen LogP contribution in [0, 0.1) is 17.7 Å². The lowest BCUT2D eigenvalue weighted by Gasteiger charge is -2.30. The van der Waals surface area contributed by atoms with Crippen LogP contribution in [-0.4, -0.2) is 23.0 Å². The molecule has 4 nitrogen and oxygen atoms in total. The monoisotopic (exact) mass is 325 g/mol. The molecule has 0 spiro atoms. The van der Waals surface area contributed by atoms with Gasteiger partial charge >= 0.3 is 5.97 Å². The van der Waals surface area contributed by atoms with E-state index < -0.39 is 49.3 Å². The number of carbonyl (C=O) groups is 2. The SMILES string of the molecule is [2H]C([2H])([2H])C([2H])(C1CCC(C(=O)N[C@@]([2H])(Cc2ccccc2)C(=O)O)CC1)C([2H])([2H])[2H]. The van der Waals surface area contributed by atoms with Gasteiger partial charge in [-0.2, -0.15) is 0 Å². The zero-order valence-corrected chi connectivity index (χ0v) is 12.8. The summed E-state index contributed by atoms with van der Waals surface area (Å²) in [6.07, 6.45) is 0.0666. The summed E-state index contributed by atoms with van der Waals surface area (Å²) >= 11 is 0. The molecule has 2 rings (SSSR count). The topological polar surface area (TPSA) is 66.4 Å². The van der Waals surface area contributed by atoms with Gasteiger partial charge in [-0.15, -0.1) is 0 Å². The molecule has 0 radical (unpaired) electrons. The molecule has 0 saturated heterocycles. The van der Waals surface area contributed by atoms with Crippen LogP contribution in [0.25, 0.3) is 0 Å². The van der Waals surface area contributed by atoms with E-state index in [-0.39, 0.29) is 32.1 Å². The Balaban J connectivity index is 2.09. The molecule has 0 aromatic heterocycles. The van der Waals surface area contributed by atoms with Crippen LogP contribution < -0.4 is 5.32 Å². The first-order valence-electron chi connectivity index (χ1n) is 11.7. The van der Waals surface area contributed by atoms with Gasteiger partial charge in [-0.25, -0.2) is 4.79 Å². The molecule has 1 amide bonds. The maximum Gasteiger partial charge on any atom is 0.326 e. The lowest BCUT2D eigenvalue weighted by molar-refractivity contribution is -0.142. The number of nitrogens with one attached hydrogen (secondary N) is 1. The van der Waals surface area contributed by atoms with Crippen molar-refractivity contribution in [3.63, 3.8) is 0 Å². The standard InChI is InChI=1S/C19H27NO3/c1-13(2)15-8-10-16(11-9-15)18(21)20-17(19(22)23)12-14-6-4-3-5-7-14/h3-7,13,15-17H,8-12H2,1-2H3,(H,20,21)(H,22,23)/t15?,16?,17-/m0/s1/i1D3,2D3,13D,17D. The van der Waals surface area contributed by atoms with Gasteiger partial charge in [0.1, 0.15) is 6.02 Å². The van der Waals surface area contributed by atoms with Gasteiger partial charge in [-0.1, -0.05) is 44.0 Å². The van der Waals surface area contributed by atoms with E-state index in [9.17, 15) is 14.7 Å². The van der Waals surface area contributed by atoms with Crippen molar-refractivity contribution in [1.82, 2.24) is 5.32 Å². The third kappa shape index (κ3) is 5.08. The van der Waals surface area contributed by atoms with Crippen LogP contribution in [0.4, 0.5) is 0 Å². The molecule has 126 valence electrons. The van der Waals surface area contributed by atoms with E-state index in [1.54, 1.807) is 30.3 Å². The Morgan fingerprint density at radius 2 is 1.91 bits per heavy atom. The van der Waals surface area contributed by atoms with Crippen molar-refractivity contribution in [2.45, 2.75) is 51.8 Å². The number of aliphatic carboxylic acids is 1. The molecular weight excluding hydrogens is 290 g/mol. The number of carboxylic acids is 1. The highest BCUT2D eigenvalue weighted by Gasteiger charge is 2.30. The van der Waals surface area contributed by atoms with E-state index in [4.69, 9.17) is 11.0 Å². The average molecular weight is 325 g/mol. The molecule has 0 aliphatic heterocycles. The van der Waals surface area contributed by atoms with Gasteiger partial charge in [-0.3, -0.25) is 4.79 Å². The lowest BCUT2D eigenvalue weighted by atomic mass is 9.76. The smallest absolute Gasteiger partial charge is 0.326 e. The maximum absolute atomic E-state index is 12.7. The van der Waals surface area contributed by atoms with Crippen LogP contribution in [0.5, 0.6) is 0 Å². The normalized spacial score (nSPS) is 30.6. The molecule has 1 saturated carbocycles. The average Bonchev–Trinajstić information content (AvgIpc) is 2.66. The summed E-state index contributed by atoms with van der Waals surface area (Å²) in [5, 5.41) is 11.8. The van der Waals surface area contributed by atoms with Crippen LogP contribution in [-0.2, 0) is 16.0 Å². The summed E-state index contributed by atoms with van der Waals surface area (Å²) in [7, 11) is 0.